The second-order valence-electron chi connectivity index (χ2n) is 4.89. The first-order chi connectivity index (χ1) is 9.15. The van der Waals surface area contributed by atoms with E-state index in [2.05, 4.69) is 11.4 Å². The summed E-state index contributed by atoms with van der Waals surface area (Å²) >= 11 is 0. The second kappa shape index (κ2) is 6.14. The number of anilines is 1. The molecule has 0 saturated carbocycles. The summed E-state index contributed by atoms with van der Waals surface area (Å²) in [6.45, 7) is 1.36. The van der Waals surface area contributed by atoms with Crippen molar-refractivity contribution < 1.29 is 9.90 Å². The van der Waals surface area contributed by atoms with Crippen molar-refractivity contribution in [3.05, 3.63) is 29.3 Å². The van der Waals surface area contributed by atoms with Gasteiger partial charge in [0, 0.05) is 12.2 Å². The Labute approximate surface area is 113 Å². The molecule has 2 rings (SSSR count). The maximum absolute atomic E-state index is 12.0. The molecule has 0 saturated heterocycles. The van der Waals surface area contributed by atoms with E-state index in [9.17, 15) is 9.90 Å². The zero-order chi connectivity index (χ0) is 13.8. The highest BCUT2D eigenvalue weighted by Gasteiger charge is 2.28. The molecule has 1 amide bonds. The summed E-state index contributed by atoms with van der Waals surface area (Å²) in [6, 6.07) is 6.09. The zero-order valence-corrected chi connectivity index (χ0v) is 11.2. The first kappa shape index (κ1) is 14.0. The van der Waals surface area contributed by atoms with Gasteiger partial charge in [-0.25, -0.2) is 0 Å². The normalized spacial score (nSPS) is 15.7. The van der Waals surface area contributed by atoms with Gasteiger partial charge in [-0.15, -0.1) is 0 Å². The number of nitrogens with two attached hydrogens (primary N) is 1. The van der Waals surface area contributed by atoms with Crippen molar-refractivity contribution in [2.45, 2.75) is 18.9 Å². The highest BCUT2D eigenvalue weighted by Crippen LogP contribution is 2.29. The first-order valence-electron chi connectivity index (χ1n) is 6.60. The van der Waals surface area contributed by atoms with Crippen LogP contribution in [0.5, 0.6) is 0 Å². The molecule has 0 bridgehead atoms. The predicted molar refractivity (Wildman–Crippen MR) is 75.2 cm³/mol. The molecule has 0 aromatic heterocycles. The minimum atomic E-state index is -0.668. The molecule has 1 unspecified atom stereocenters. The van der Waals surface area contributed by atoms with Gasteiger partial charge in [0.2, 0.25) is 5.91 Å². The Balaban J connectivity index is 2.15. The number of fused-ring (bicyclic) bond motifs is 1. The van der Waals surface area contributed by atoms with Crippen LogP contribution in [0.15, 0.2) is 18.2 Å². The van der Waals surface area contributed by atoms with E-state index in [-0.39, 0.29) is 19.0 Å². The number of β-amino-alcohol motifs (C(OH)–C–C–N with tert-alkyl or cyclic N) is 1. The van der Waals surface area contributed by atoms with Gasteiger partial charge < -0.3 is 21.1 Å². The third kappa shape index (κ3) is 3.12. The third-order valence-electron chi connectivity index (χ3n) is 3.41. The van der Waals surface area contributed by atoms with E-state index >= 15 is 0 Å². The molecule has 1 aliphatic heterocycles. The lowest BCUT2D eigenvalue weighted by Gasteiger charge is -2.20. The number of benzene rings is 1. The van der Waals surface area contributed by atoms with Gasteiger partial charge in [-0.3, -0.25) is 4.79 Å². The highest BCUT2D eigenvalue weighted by molar-refractivity contribution is 6.01. The second-order valence-corrected chi connectivity index (χ2v) is 4.89. The van der Waals surface area contributed by atoms with Gasteiger partial charge in [-0.1, -0.05) is 12.1 Å². The number of carbonyl (C=O) groups is 1. The molecule has 1 atom stereocenters. The summed E-state index contributed by atoms with van der Waals surface area (Å²) in [5, 5.41) is 12.7. The predicted octanol–water partition coefficient (Wildman–Crippen LogP) is -0.343. The van der Waals surface area contributed by atoms with Gasteiger partial charge >= 0.3 is 0 Å². The maximum atomic E-state index is 12.0. The molecule has 104 valence electrons. The number of amides is 1. The Kier molecular flexibility index (Phi) is 4.52. The van der Waals surface area contributed by atoms with Gasteiger partial charge in [-0.2, -0.15) is 0 Å². The molecule has 19 heavy (non-hydrogen) atoms. The average molecular weight is 263 g/mol. The van der Waals surface area contributed by atoms with E-state index in [4.69, 9.17) is 5.73 Å². The number of carbonyl (C=O) groups excluding carboxylic acids is 1. The van der Waals surface area contributed by atoms with E-state index in [1.165, 1.54) is 5.56 Å². The number of hydrogen-bond donors (Lipinski definition) is 3. The van der Waals surface area contributed by atoms with E-state index in [1.807, 2.05) is 19.2 Å². The fourth-order valence-electron chi connectivity index (χ4n) is 2.35. The lowest BCUT2D eigenvalue weighted by molar-refractivity contribution is -0.117. The SMILES string of the molecule is CNCCc1ccc2c(c1)CC(=O)N2CC(O)CN. The van der Waals surface area contributed by atoms with Gasteiger partial charge in [0.1, 0.15) is 0 Å². The third-order valence-corrected chi connectivity index (χ3v) is 3.41. The molecule has 1 aromatic carbocycles. The standard InChI is InChI=1S/C14H21N3O2/c1-16-5-4-10-2-3-13-11(6-10)7-14(19)17(13)9-12(18)8-15/h2-3,6,12,16,18H,4-5,7-9,15H2,1H3. The Morgan fingerprint density at radius 2 is 2.32 bits per heavy atom. The molecule has 1 heterocycles. The van der Waals surface area contributed by atoms with Crippen LogP contribution in [0.2, 0.25) is 0 Å². The van der Waals surface area contributed by atoms with E-state index in [0.717, 1.165) is 24.2 Å². The summed E-state index contributed by atoms with van der Waals surface area (Å²) in [5.41, 5.74) is 8.58. The molecule has 1 aromatic rings. The lowest BCUT2D eigenvalue weighted by Crippen LogP contribution is -2.38. The molecule has 5 heteroatoms. The summed E-state index contributed by atoms with van der Waals surface area (Å²) < 4.78 is 0. The van der Waals surface area contributed by atoms with Crippen molar-refractivity contribution >= 4 is 11.6 Å². The van der Waals surface area contributed by atoms with Crippen molar-refractivity contribution in [3.63, 3.8) is 0 Å². The molecule has 4 N–H and O–H groups in total. The smallest absolute Gasteiger partial charge is 0.231 e. The quantitative estimate of drug-likeness (QED) is 0.656. The minimum absolute atomic E-state index is 0.0354. The van der Waals surface area contributed by atoms with Crippen LogP contribution in [0.4, 0.5) is 5.69 Å². The number of nitrogens with zero attached hydrogens (tertiary/aromatic N) is 1. The molecule has 1 aliphatic rings. The number of likely N-dealkylation sites (N-methyl/N-ethyl adjacent to an activating group) is 1. The Hall–Kier alpha value is -1.43. The van der Waals surface area contributed by atoms with Gasteiger partial charge in [0.05, 0.1) is 19.1 Å². The monoisotopic (exact) mass is 263 g/mol. The number of nitrogens with one attached hydrogen (secondary N) is 1. The first-order valence-corrected chi connectivity index (χ1v) is 6.60. The van der Waals surface area contributed by atoms with Gasteiger partial charge in [0.25, 0.3) is 0 Å². The summed E-state index contributed by atoms with van der Waals surface area (Å²) in [4.78, 5) is 13.6. The van der Waals surface area contributed by atoms with Crippen molar-refractivity contribution in [1.29, 1.82) is 0 Å². The van der Waals surface area contributed by atoms with Crippen molar-refractivity contribution in [2.24, 2.45) is 5.73 Å². The molecule has 0 spiro atoms. The summed E-state index contributed by atoms with van der Waals surface area (Å²) in [7, 11) is 1.92. The van der Waals surface area contributed by atoms with Crippen LogP contribution in [0.3, 0.4) is 0 Å². The Bertz CT molecular complexity index is 462. The average Bonchev–Trinajstić information content (AvgIpc) is 2.72. The highest BCUT2D eigenvalue weighted by atomic mass is 16.3. The number of aliphatic hydroxyl groups excluding tert-OH is 1. The minimum Gasteiger partial charge on any atom is -0.390 e. The number of hydrogen-bond acceptors (Lipinski definition) is 4. The van der Waals surface area contributed by atoms with Crippen LogP contribution in [0.1, 0.15) is 11.1 Å². The topological polar surface area (TPSA) is 78.6 Å². The van der Waals surface area contributed by atoms with Gasteiger partial charge in [-0.05, 0) is 37.2 Å². The van der Waals surface area contributed by atoms with Crippen LogP contribution in [-0.2, 0) is 17.6 Å². The Morgan fingerprint density at radius 1 is 1.53 bits per heavy atom. The fourth-order valence-corrected chi connectivity index (χ4v) is 2.35. The van der Waals surface area contributed by atoms with Crippen LogP contribution >= 0.6 is 0 Å². The number of rotatable bonds is 6. The molecular weight excluding hydrogens is 242 g/mol. The summed E-state index contributed by atoms with van der Waals surface area (Å²) in [6.07, 6.45) is 0.697. The van der Waals surface area contributed by atoms with Crippen molar-refractivity contribution in [1.82, 2.24) is 5.32 Å². The maximum Gasteiger partial charge on any atom is 0.231 e. The van der Waals surface area contributed by atoms with Crippen LogP contribution < -0.4 is 16.0 Å². The summed E-state index contributed by atoms with van der Waals surface area (Å²) in [5.74, 6) is 0.0354. The van der Waals surface area contributed by atoms with Crippen LogP contribution in [-0.4, -0.2) is 43.8 Å². The fraction of sp³-hybridized carbons (Fsp3) is 0.500. The van der Waals surface area contributed by atoms with Gasteiger partial charge in [0.15, 0.2) is 0 Å². The number of aliphatic hydroxyl groups is 1. The molecular formula is C14H21N3O2. The van der Waals surface area contributed by atoms with E-state index in [1.54, 1.807) is 4.90 Å². The van der Waals surface area contributed by atoms with Crippen LogP contribution in [0.25, 0.3) is 0 Å². The molecule has 5 nitrogen and oxygen atoms in total. The molecule has 0 aliphatic carbocycles. The van der Waals surface area contributed by atoms with E-state index < -0.39 is 6.10 Å². The largest absolute Gasteiger partial charge is 0.390 e. The molecule has 0 fully saturated rings. The van der Waals surface area contributed by atoms with Crippen LogP contribution in [0, 0.1) is 0 Å². The van der Waals surface area contributed by atoms with Crippen molar-refractivity contribution in [2.75, 3.05) is 31.6 Å². The Morgan fingerprint density at radius 3 is 3.00 bits per heavy atom. The van der Waals surface area contributed by atoms with E-state index in [0.29, 0.717) is 6.42 Å². The lowest BCUT2D eigenvalue weighted by atomic mass is 10.1. The molecule has 0 radical (unpaired) electrons. The zero-order valence-electron chi connectivity index (χ0n) is 11.2. The van der Waals surface area contributed by atoms with Crippen molar-refractivity contribution in [3.8, 4) is 0 Å².